The van der Waals surface area contributed by atoms with Crippen LogP contribution in [0.5, 0.6) is 0 Å². The van der Waals surface area contributed by atoms with Gasteiger partial charge >= 0.3 is 0 Å². The summed E-state index contributed by atoms with van der Waals surface area (Å²) in [7, 11) is 0. The van der Waals surface area contributed by atoms with Gasteiger partial charge in [-0.3, -0.25) is 0 Å². The van der Waals surface area contributed by atoms with Gasteiger partial charge in [0.25, 0.3) is 0 Å². The average Bonchev–Trinajstić information content (AvgIpc) is 2.98. The van der Waals surface area contributed by atoms with Gasteiger partial charge in [0.15, 0.2) is 0 Å². The van der Waals surface area contributed by atoms with Crippen molar-refractivity contribution in [1.82, 2.24) is 0 Å². The summed E-state index contributed by atoms with van der Waals surface area (Å²) in [6, 6.07) is 0. The monoisotopic (exact) mass is 587 g/mol. The van der Waals surface area contributed by atoms with Crippen LogP contribution in [0.25, 0.3) is 0 Å². The lowest BCUT2D eigenvalue weighted by atomic mass is 9.68. The molecule has 0 radical (unpaired) electrons. The van der Waals surface area contributed by atoms with Crippen molar-refractivity contribution >= 4 is 0 Å². The molecule has 250 valence electrons. The van der Waals surface area contributed by atoms with E-state index in [0.29, 0.717) is 0 Å². The van der Waals surface area contributed by atoms with E-state index in [2.05, 4.69) is 13.8 Å². The van der Waals surface area contributed by atoms with Gasteiger partial charge in [-0.15, -0.1) is 0 Å². The zero-order valence-electron chi connectivity index (χ0n) is 29.8. The average molecular weight is 587 g/mol. The normalized spacial score (nSPS) is 24.6. The molecular weight excluding hydrogens is 504 g/mol. The summed E-state index contributed by atoms with van der Waals surface area (Å²) in [6.07, 6.45) is 54.3. The Morgan fingerprint density at radius 1 is 0.238 bits per heavy atom. The predicted molar refractivity (Wildman–Crippen MR) is 192 cm³/mol. The Kier molecular flexibility index (Phi) is 25.9. The van der Waals surface area contributed by atoms with Gasteiger partial charge in [-0.2, -0.15) is 0 Å². The lowest BCUT2D eigenvalue weighted by Gasteiger charge is -2.38. The first-order valence-corrected chi connectivity index (χ1v) is 20.8. The topological polar surface area (TPSA) is 0 Å². The summed E-state index contributed by atoms with van der Waals surface area (Å²) in [5.41, 5.74) is 0. The maximum absolute atomic E-state index is 2.62. The van der Waals surface area contributed by atoms with Gasteiger partial charge in [0.2, 0.25) is 0 Å². The molecule has 0 unspecified atom stereocenters. The van der Waals surface area contributed by atoms with E-state index in [-0.39, 0.29) is 0 Å². The van der Waals surface area contributed by atoms with Gasteiger partial charge in [-0.05, 0) is 23.7 Å². The van der Waals surface area contributed by atoms with Crippen LogP contribution in [0.4, 0.5) is 0 Å². The third-order valence-corrected chi connectivity index (χ3v) is 11.7. The summed E-state index contributed by atoms with van der Waals surface area (Å²) in [5, 5.41) is 0. The van der Waals surface area contributed by atoms with E-state index < -0.39 is 0 Å². The van der Waals surface area contributed by atoms with Crippen molar-refractivity contribution in [2.45, 2.75) is 245 Å². The van der Waals surface area contributed by atoms with Crippen molar-refractivity contribution in [1.29, 1.82) is 0 Å². The van der Waals surface area contributed by atoms with Gasteiger partial charge in [0.05, 0.1) is 0 Å². The van der Waals surface area contributed by atoms with Gasteiger partial charge < -0.3 is 0 Å². The van der Waals surface area contributed by atoms with Crippen LogP contribution >= 0.6 is 0 Å². The van der Waals surface area contributed by atoms with Crippen LogP contribution in [-0.2, 0) is 0 Å². The smallest absolute Gasteiger partial charge is 0.0334 e. The molecule has 0 aromatic rings. The van der Waals surface area contributed by atoms with Crippen molar-refractivity contribution < 1.29 is 0 Å². The molecule has 2 rings (SSSR count). The zero-order chi connectivity index (χ0) is 29.8. The largest absolute Gasteiger partial charge is 0.0625 e. The molecule has 0 heteroatoms. The lowest BCUT2D eigenvalue weighted by Crippen LogP contribution is -2.29. The third kappa shape index (κ3) is 20.9. The standard InChI is InChI=1S/C42H82/c1-39(2)42(40-35-31-27-23-19-15-11-7-3-4-8-12-16-20-24-28-32-36-40)41-37-33-29-25-21-17-13-9-5-6-10-14-18-22-26-30-34-38-41/h39-42H,3-38H2,1-2H3. The predicted octanol–water partition coefficient (Wildman–Crippen LogP) is 15.6. The van der Waals surface area contributed by atoms with Gasteiger partial charge in [0.1, 0.15) is 0 Å². The van der Waals surface area contributed by atoms with Crippen LogP contribution in [0.3, 0.4) is 0 Å². The van der Waals surface area contributed by atoms with Crippen LogP contribution in [-0.4, -0.2) is 0 Å². The minimum absolute atomic E-state index is 0.864. The molecule has 0 bridgehead atoms. The second kappa shape index (κ2) is 28.5. The Balaban J connectivity index is 1.97. The highest BCUT2D eigenvalue weighted by molar-refractivity contribution is 4.81. The van der Waals surface area contributed by atoms with Crippen LogP contribution in [0.15, 0.2) is 0 Å². The van der Waals surface area contributed by atoms with Crippen molar-refractivity contribution in [2.24, 2.45) is 23.7 Å². The molecule has 2 saturated carbocycles. The zero-order valence-corrected chi connectivity index (χ0v) is 29.8. The summed E-state index contributed by atoms with van der Waals surface area (Å²) in [5.74, 6) is 3.84. The van der Waals surface area contributed by atoms with Gasteiger partial charge in [-0.1, -0.05) is 245 Å². The Hall–Kier alpha value is 0. The molecular formula is C42H82. The van der Waals surface area contributed by atoms with Crippen molar-refractivity contribution in [3.63, 3.8) is 0 Å². The van der Waals surface area contributed by atoms with E-state index >= 15 is 0 Å². The highest BCUT2D eigenvalue weighted by atomic mass is 14.4. The van der Waals surface area contributed by atoms with E-state index in [1.54, 1.807) is 25.7 Å². The minimum atomic E-state index is 0.864. The van der Waals surface area contributed by atoms with Gasteiger partial charge in [-0.25, -0.2) is 0 Å². The SMILES string of the molecule is CC(C)C(C1CCCCCCCCCCCCCCCCCC1)C1CCCCCCCCCCCCCCCCCC1. The fourth-order valence-electron chi connectivity index (χ4n) is 9.11. The second-order valence-corrected chi connectivity index (χ2v) is 15.8. The van der Waals surface area contributed by atoms with Crippen LogP contribution < -0.4 is 0 Å². The number of hydrogen-bond acceptors (Lipinski definition) is 0. The molecule has 42 heavy (non-hydrogen) atoms. The van der Waals surface area contributed by atoms with E-state index in [1.807, 2.05) is 0 Å². The fourth-order valence-corrected chi connectivity index (χ4v) is 9.11. The first-order chi connectivity index (χ1) is 20.8. The quantitative estimate of drug-likeness (QED) is 0.308. The summed E-state index contributed by atoms with van der Waals surface area (Å²) in [6.45, 7) is 5.24. The molecule has 0 aliphatic heterocycles. The molecule has 0 atom stereocenters. The maximum atomic E-state index is 2.62. The van der Waals surface area contributed by atoms with Crippen LogP contribution in [0.1, 0.15) is 245 Å². The van der Waals surface area contributed by atoms with E-state index in [4.69, 9.17) is 0 Å². The van der Waals surface area contributed by atoms with Crippen LogP contribution in [0, 0.1) is 23.7 Å². The summed E-state index contributed by atoms with van der Waals surface area (Å²) in [4.78, 5) is 0. The van der Waals surface area contributed by atoms with E-state index in [9.17, 15) is 0 Å². The Morgan fingerprint density at radius 3 is 0.524 bits per heavy atom. The Labute approximate surface area is 268 Å². The highest BCUT2D eigenvalue weighted by Crippen LogP contribution is 2.40. The Bertz CT molecular complexity index is 450. The molecule has 0 N–H and O–H groups in total. The van der Waals surface area contributed by atoms with Gasteiger partial charge in [0, 0.05) is 0 Å². The molecule has 0 aromatic carbocycles. The van der Waals surface area contributed by atoms with Crippen molar-refractivity contribution in [3.8, 4) is 0 Å². The molecule has 0 nitrogen and oxygen atoms in total. The molecule has 0 aromatic heterocycles. The third-order valence-electron chi connectivity index (χ3n) is 11.7. The first-order valence-electron chi connectivity index (χ1n) is 20.8. The molecule has 0 spiro atoms. The molecule has 2 fully saturated rings. The summed E-state index contributed by atoms with van der Waals surface area (Å²) >= 11 is 0. The van der Waals surface area contributed by atoms with Crippen molar-refractivity contribution in [3.05, 3.63) is 0 Å². The first kappa shape index (κ1) is 38.2. The summed E-state index contributed by atoms with van der Waals surface area (Å²) < 4.78 is 0. The van der Waals surface area contributed by atoms with E-state index in [1.165, 1.54) is 205 Å². The van der Waals surface area contributed by atoms with E-state index in [0.717, 1.165) is 23.7 Å². The highest BCUT2D eigenvalue weighted by Gasteiger charge is 2.31. The maximum Gasteiger partial charge on any atom is -0.0334 e. The number of rotatable bonds is 3. The number of hydrogen-bond donors (Lipinski definition) is 0. The molecule has 0 amide bonds. The molecule has 0 saturated heterocycles. The Morgan fingerprint density at radius 2 is 0.381 bits per heavy atom. The molecule has 0 heterocycles. The molecule has 2 aliphatic carbocycles. The fraction of sp³-hybridized carbons (Fsp3) is 1.00. The molecule has 2 aliphatic rings. The van der Waals surface area contributed by atoms with Crippen molar-refractivity contribution in [2.75, 3.05) is 0 Å². The van der Waals surface area contributed by atoms with Crippen LogP contribution in [0.2, 0.25) is 0 Å². The lowest BCUT2D eigenvalue weighted by molar-refractivity contribution is 0.122. The minimum Gasteiger partial charge on any atom is -0.0625 e. The second-order valence-electron chi connectivity index (χ2n) is 15.8.